The summed E-state index contributed by atoms with van der Waals surface area (Å²) in [6, 6.07) is 0. The minimum Gasteiger partial charge on any atom is -0.377 e. The molecule has 0 N–H and O–H groups in total. The molecular weight excluding hydrogens is 308 g/mol. The van der Waals surface area contributed by atoms with E-state index in [0.717, 1.165) is 60.6 Å². The van der Waals surface area contributed by atoms with E-state index in [9.17, 15) is 0 Å². The van der Waals surface area contributed by atoms with Gasteiger partial charge in [0.05, 0.1) is 64.1 Å². The average Bonchev–Trinajstić information content (AvgIpc) is 3.19. The van der Waals surface area contributed by atoms with E-state index in [1.807, 2.05) is 0 Å². The minimum atomic E-state index is 0.0203. The van der Waals surface area contributed by atoms with Crippen molar-refractivity contribution in [1.82, 2.24) is 0 Å². The Morgan fingerprint density at radius 3 is 1.50 bits per heavy atom. The van der Waals surface area contributed by atoms with Crippen molar-refractivity contribution in [2.45, 2.75) is 17.6 Å². The lowest BCUT2D eigenvalue weighted by molar-refractivity contribution is -0.135. The van der Waals surface area contributed by atoms with Gasteiger partial charge < -0.3 is 23.7 Å². The Kier molecular flexibility index (Phi) is 2.54. The predicted molar refractivity (Wildman–Crippen MR) is 82.4 cm³/mol. The zero-order valence-corrected chi connectivity index (χ0v) is 14.0. The summed E-state index contributed by atoms with van der Waals surface area (Å²) in [5.41, 5.74) is 0.0406. The second-order valence-corrected chi connectivity index (χ2v) is 9.16. The van der Waals surface area contributed by atoms with E-state index < -0.39 is 0 Å². The van der Waals surface area contributed by atoms with Crippen molar-refractivity contribution in [3.05, 3.63) is 0 Å². The molecule has 0 radical (unpaired) electrons. The van der Waals surface area contributed by atoms with Gasteiger partial charge in [-0.3, -0.25) is 0 Å². The Balaban J connectivity index is 1.23. The summed E-state index contributed by atoms with van der Waals surface area (Å²) in [6.45, 7) is 5.49. The van der Waals surface area contributed by atoms with Crippen LogP contribution in [0.15, 0.2) is 0 Å². The SMILES string of the molecule is C1COCCOCC23OC4(COCCO1)C1C5CC(C6C5C4C62)C13. The maximum Gasteiger partial charge on any atom is 0.0992 e. The second-order valence-electron chi connectivity index (χ2n) is 9.16. The molecular formula is C19H26O5. The van der Waals surface area contributed by atoms with Crippen LogP contribution in [0.5, 0.6) is 0 Å². The molecule has 8 aliphatic rings. The van der Waals surface area contributed by atoms with E-state index >= 15 is 0 Å². The van der Waals surface area contributed by atoms with Gasteiger partial charge in [0.15, 0.2) is 0 Å². The van der Waals surface area contributed by atoms with Gasteiger partial charge in [-0.1, -0.05) is 0 Å². The van der Waals surface area contributed by atoms with Crippen LogP contribution in [0, 0.1) is 47.3 Å². The standard InChI is InChI=1S/C19H26O5/c1-2-21-4-6-23-9-19-15-11-7-10-12-13(11)17(19)16(12)18(24-19,14(10)15)8-22-5-3-20-1/h10-17H,1-9H2. The second kappa shape index (κ2) is 4.37. The van der Waals surface area contributed by atoms with Crippen molar-refractivity contribution in [3.63, 3.8) is 0 Å². The first-order valence-electron chi connectivity index (χ1n) is 9.90. The van der Waals surface area contributed by atoms with E-state index in [4.69, 9.17) is 23.7 Å². The van der Waals surface area contributed by atoms with Crippen molar-refractivity contribution in [2.24, 2.45) is 47.3 Å². The lowest BCUT2D eigenvalue weighted by Crippen LogP contribution is -2.54. The number of ether oxygens (including phenoxy) is 5. The molecule has 8 rings (SSSR count). The molecule has 5 saturated carbocycles. The number of hydrogen-bond donors (Lipinski definition) is 0. The summed E-state index contributed by atoms with van der Waals surface area (Å²) in [7, 11) is 0. The molecule has 0 aromatic rings. The van der Waals surface area contributed by atoms with Gasteiger partial charge in [-0.15, -0.1) is 0 Å². The van der Waals surface area contributed by atoms with Gasteiger partial charge >= 0.3 is 0 Å². The van der Waals surface area contributed by atoms with Crippen molar-refractivity contribution >= 4 is 0 Å². The van der Waals surface area contributed by atoms with Crippen LogP contribution in [0.25, 0.3) is 0 Å². The van der Waals surface area contributed by atoms with Crippen LogP contribution < -0.4 is 0 Å². The molecule has 0 aromatic carbocycles. The van der Waals surface area contributed by atoms with Gasteiger partial charge in [-0.25, -0.2) is 0 Å². The quantitative estimate of drug-likeness (QED) is 0.660. The van der Waals surface area contributed by atoms with Crippen molar-refractivity contribution in [3.8, 4) is 0 Å². The van der Waals surface area contributed by atoms with Gasteiger partial charge in [0.2, 0.25) is 0 Å². The summed E-state index contributed by atoms with van der Waals surface area (Å²) in [5.74, 6) is 6.78. The normalized spacial score (nSPS) is 66.0. The third kappa shape index (κ3) is 1.25. The first kappa shape index (κ1) is 13.9. The topological polar surface area (TPSA) is 46.2 Å². The van der Waals surface area contributed by atoms with Crippen molar-refractivity contribution in [1.29, 1.82) is 0 Å². The van der Waals surface area contributed by atoms with E-state index in [2.05, 4.69) is 0 Å². The van der Waals surface area contributed by atoms with Crippen LogP contribution in [0.4, 0.5) is 0 Å². The Morgan fingerprint density at radius 2 is 1.00 bits per heavy atom. The highest BCUT2D eigenvalue weighted by atomic mass is 16.6. The molecule has 5 nitrogen and oxygen atoms in total. The number of rotatable bonds is 0. The lowest BCUT2D eigenvalue weighted by Gasteiger charge is -2.47. The smallest absolute Gasteiger partial charge is 0.0992 e. The Hall–Kier alpha value is -0.200. The van der Waals surface area contributed by atoms with Crippen LogP contribution in [-0.4, -0.2) is 64.1 Å². The van der Waals surface area contributed by atoms with Crippen LogP contribution in [0.1, 0.15) is 6.42 Å². The van der Waals surface area contributed by atoms with Crippen LogP contribution in [-0.2, 0) is 23.7 Å². The van der Waals surface area contributed by atoms with Gasteiger partial charge in [-0.2, -0.15) is 0 Å². The first-order valence-corrected chi connectivity index (χ1v) is 9.90. The van der Waals surface area contributed by atoms with E-state index in [1.165, 1.54) is 6.42 Å². The molecule has 2 spiro atoms. The van der Waals surface area contributed by atoms with Crippen LogP contribution in [0.2, 0.25) is 0 Å². The largest absolute Gasteiger partial charge is 0.377 e. The molecule has 132 valence electrons. The van der Waals surface area contributed by atoms with Gasteiger partial charge in [-0.05, 0) is 53.8 Å². The molecule has 10 unspecified atom stereocenters. The molecule has 8 fully saturated rings. The van der Waals surface area contributed by atoms with Gasteiger partial charge in [0.1, 0.15) is 0 Å². The predicted octanol–water partition coefficient (Wildman–Crippen LogP) is 0.962. The van der Waals surface area contributed by atoms with E-state index in [0.29, 0.717) is 39.6 Å². The van der Waals surface area contributed by atoms with Crippen molar-refractivity contribution in [2.75, 3.05) is 52.9 Å². The fraction of sp³-hybridized carbons (Fsp3) is 1.00. The van der Waals surface area contributed by atoms with E-state index in [-0.39, 0.29) is 11.2 Å². The molecule has 3 aliphatic heterocycles. The minimum absolute atomic E-state index is 0.0203. The van der Waals surface area contributed by atoms with Crippen LogP contribution in [0.3, 0.4) is 0 Å². The first-order chi connectivity index (χ1) is 11.9. The zero-order valence-electron chi connectivity index (χ0n) is 14.0. The molecule has 3 saturated heterocycles. The number of hydrogen-bond acceptors (Lipinski definition) is 5. The van der Waals surface area contributed by atoms with E-state index in [1.54, 1.807) is 0 Å². The summed E-state index contributed by atoms with van der Waals surface area (Å²) in [5, 5.41) is 0. The fourth-order valence-electron chi connectivity index (χ4n) is 8.98. The highest BCUT2D eigenvalue weighted by molar-refractivity contribution is 5.43. The zero-order chi connectivity index (χ0) is 15.5. The Bertz CT molecular complexity index is 530. The monoisotopic (exact) mass is 334 g/mol. The Labute approximate surface area is 142 Å². The average molecular weight is 334 g/mol. The summed E-state index contributed by atoms with van der Waals surface area (Å²) >= 11 is 0. The third-order valence-electron chi connectivity index (χ3n) is 8.91. The van der Waals surface area contributed by atoms with Crippen LogP contribution >= 0.6 is 0 Å². The molecule has 0 amide bonds. The van der Waals surface area contributed by atoms with Crippen molar-refractivity contribution < 1.29 is 23.7 Å². The molecule has 24 heavy (non-hydrogen) atoms. The lowest BCUT2D eigenvalue weighted by atomic mass is 9.55. The molecule has 5 aliphatic carbocycles. The highest BCUT2D eigenvalue weighted by Gasteiger charge is 2.96. The maximum absolute atomic E-state index is 6.99. The molecule has 10 atom stereocenters. The fourth-order valence-corrected chi connectivity index (χ4v) is 8.98. The molecule has 0 aromatic heterocycles. The highest BCUT2D eigenvalue weighted by Crippen LogP contribution is 2.93. The molecule has 4 bridgehead atoms. The summed E-state index contributed by atoms with van der Waals surface area (Å²) < 4.78 is 30.4. The molecule has 3 heterocycles. The maximum atomic E-state index is 6.99. The Morgan fingerprint density at radius 1 is 0.542 bits per heavy atom. The third-order valence-corrected chi connectivity index (χ3v) is 8.91. The summed E-state index contributed by atoms with van der Waals surface area (Å²) in [4.78, 5) is 0. The molecule has 5 heteroatoms. The van der Waals surface area contributed by atoms with Gasteiger partial charge in [0, 0.05) is 0 Å². The van der Waals surface area contributed by atoms with Gasteiger partial charge in [0.25, 0.3) is 0 Å². The summed E-state index contributed by atoms with van der Waals surface area (Å²) in [6.07, 6.45) is 1.47.